The summed E-state index contributed by atoms with van der Waals surface area (Å²) in [6.45, 7) is 3.29. The molecule has 1 aromatic carbocycles. The summed E-state index contributed by atoms with van der Waals surface area (Å²) in [6.07, 6.45) is 13.8. The maximum Gasteiger partial charge on any atom is 0.309 e. The zero-order valence-electron chi connectivity index (χ0n) is 17.5. The Morgan fingerprint density at radius 1 is 0.793 bits per heavy atom. The van der Waals surface area contributed by atoms with E-state index in [-0.39, 0.29) is 0 Å². The fourth-order valence-corrected chi connectivity index (χ4v) is 4.15. The summed E-state index contributed by atoms with van der Waals surface area (Å²) in [6, 6.07) is 8.61. The minimum atomic E-state index is -0.538. The van der Waals surface area contributed by atoms with Gasteiger partial charge >= 0.3 is 11.8 Å². The van der Waals surface area contributed by atoms with E-state index in [1.165, 1.54) is 55.3 Å². The van der Waals surface area contributed by atoms with Gasteiger partial charge in [0.1, 0.15) is 0 Å². The molecule has 0 bridgehead atoms. The first-order valence-corrected chi connectivity index (χ1v) is 11.3. The lowest BCUT2D eigenvalue weighted by atomic mass is 9.97. The lowest BCUT2D eigenvalue weighted by molar-refractivity contribution is -0.139. The Kier molecular flexibility index (Phi) is 8.59. The van der Waals surface area contributed by atoms with Crippen molar-refractivity contribution in [3.05, 3.63) is 41.5 Å². The number of amides is 2. The van der Waals surface area contributed by atoms with E-state index < -0.39 is 11.8 Å². The molecule has 1 fully saturated rings. The average Bonchev–Trinajstić information content (AvgIpc) is 3.04. The molecule has 0 aromatic heterocycles. The van der Waals surface area contributed by atoms with E-state index in [1.807, 2.05) is 0 Å². The zero-order valence-corrected chi connectivity index (χ0v) is 17.5. The molecule has 0 spiro atoms. The van der Waals surface area contributed by atoms with Gasteiger partial charge in [0.25, 0.3) is 0 Å². The molecule has 1 aliphatic carbocycles. The molecule has 1 aliphatic heterocycles. The molecule has 1 heterocycles. The lowest BCUT2D eigenvalue weighted by Crippen LogP contribution is -2.41. The van der Waals surface area contributed by atoms with Crippen LogP contribution in [-0.4, -0.2) is 38.0 Å². The molecule has 5 heteroatoms. The van der Waals surface area contributed by atoms with Crippen LogP contribution in [0.25, 0.3) is 0 Å². The molecule has 0 unspecified atom stereocenters. The van der Waals surface area contributed by atoms with Crippen molar-refractivity contribution in [1.29, 1.82) is 0 Å². The number of nitrogens with one attached hydrogen (secondary N) is 2. The fraction of sp³-hybridized carbons (Fsp3) is 0.583. The summed E-state index contributed by atoms with van der Waals surface area (Å²) in [4.78, 5) is 26.4. The molecule has 2 amide bonds. The molecule has 2 N–H and O–H groups in total. The standard InChI is InChI=1S/C24H35N3O2/c28-23(25-16-14-20-8-4-3-5-9-20)24(29)26-17-15-21-10-12-22(13-11-21)27-18-6-1-2-7-19-27/h8,10-13H,1-7,9,14-19H2,(H,25,28)(H,26,29). The molecule has 0 radical (unpaired) electrons. The van der Waals surface area contributed by atoms with Gasteiger partial charge in [-0.3, -0.25) is 9.59 Å². The maximum absolute atomic E-state index is 12.0. The molecular weight excluding hydrogens is 362 g/mol. The molecular formula is C24H35N3O2. The van der Waals surface area contributed by atoms with Crippen LogP contribution in [0.4, 0.5) is 5.69 Å². The molecule has 158 valence electrons. The largest absolute Gasteiger partial charge is 0.372 e. The highest BCUT2D eigenvalue weighted by atomic mass is 16.2. The molecule has 3 rings (SSSR count). The van der Waals surface area contributed by atoms with Crippen LogP contribution in [0.15, 0.2) is 35.9 Å². The molecule has 5 nitrogen and oxygen atoms in total. The zero-order chi connectivity index (χ0) is 20.3. The van der Waals surface area contributed by atoms with Gasteiger partial charge in [0, 0.05) is 31.9 Å². The Morgan fingerprint density at radius 2 is 1.45 bits per heavy atom. The smallest absolute Gasteiger partial charge is 0.309 e. The van der Waals surface area contributed by atoms with E-state index in [4.69, 9.17) is 0 Å². The number of allylic oxidation sites excluding steroid dienone is 1. The molecule has 1 aromatic rings. The topological polar surface area (TPSA) is 61.4 Å². The minimum absolute atomic E-state index is 0.473. The Hall–Kier alpha value is -2.30. The van der Waals surface area contributed by atoms with Crippen LogP contribution in [-0.2, 0) is 16.0 Å². The van der Waals surface area contributed by atoms with Crippen molar-refractivity contribution in [2.45, 2.75) is 64.2 Å². The number of hydrogen-bond acceptors (Lipinski definition) is 3. The summed E-state index contributed by atoms with van der Waals surface area (Å²) in [5.41, 5.74) is 3.86. The van der Waals surface area contributed by atoms with Gasteiger partial charge in [-0.15, -0.1) is 0 Å². The van der Waals surface area contributed by atoms with E-state index in [1.54, 1.807) is 0 Å². The van der Waals surface area contributed by atoms with Gasteiger partial charge in [0.15, 0.2) is 0 Å². The summed E-state index contributed by atoms with van der Waals surface area (Å²) in [7, 11) is 0. The van der Waals surface area contributed by atoms with Crippen molar-refractivity contribution in [3.63, 3.8) is 0 Å². The van der Waals surface area contributed by atoms with Gasteiger partial charge in [0.2, 0.25) is 0 Å². The predicted molar refractivity (Wildman–Crippen MR) is 118 cm³/mol. The van der Waals surface area contributed by atoms with Gasteiger partial charge in [-0.2, -0.15) is 0 Å². The summed E-state index contributed by atoms with van der Waals surface area (Å²) in [5, 5.41) is 5.46. The van der Waals surface area contributed by atoms with Crippen LogP contribution in [0, 0.1) is 0 Å². The molecule has 2 aliphatic rings. The number of rotatable bonds is 7. The molecule has 0 atom stereocenters. The van der Waals surface area contributed by atoms with Crippen LogP contribution in [0.1, 0.15) is 63.4 Å². The SMILES string of the molecule is O=C(NCCC1=CCCCC1)C(=O)NCCc1ccc(N2CCCCCC2)cc1. The second kappa shape index (κ2) is 11.6. The van der Waals surface area contributed by atoms with Crippen molar-refractivity contribution in [2.24, 2.45) is 0 Å². The number of benzene rings is 1. The first kappa shape index (κ1) is 21.4. The summed E-state index contributed by atoms with van der Waals surface area (Å²) < 4.78 is 0. The van der Waals surface area contributed by atoms with Gasteiger partial charge in [-0.05, 0) is 69.1 Å². The van der Waals surface area contributed by atoms with E-state index >= 15 is 0 Å². The highest BCUT2D eigenvalue weighted by Gasteiger charge is 2.13. The third-order valence-electron chi connectivity index (χ3n) is 5.93. The molecule has 29 heavy (non-hydrogen) atoms. The monoisotopic (exact) mass is 397 g/mol. The third-order valence-corrected chi connectivity index (χ3v) is 5.93. The normalized spacial score (nSPS) is 17.2. The van der Waals surface area contributed by atoms with Crippen LogP contribution in [0.2, 0.25) is 0 Å². The first-order valence-electron chi connectivity index (χ1n) is 11.3. The van der Waals surface area contributed by atoms with Gasteiger partial charge in [-0.25, -0.2) is 0 Å². The van der Waals surface area contributed by atoms with Crippen molar-refractivity contribution in [3.8, 4) is 0 Å². The second-order valence-electron chi connectivity index (χ2n) is 8.19. The van der Waals surface area contributed by atoms with Gasteiger partial charge in [-0.1, -0.05) is 36.6 Å². The van der Waals surface area contributed by atoms with Crippen molar-refractivity contribution >= 4 is 17.5 Å². The van der Waals surface area contributed by atoms with E-state index in [0.29, 0.717) is 13.1 Å². The van der Waals surface area contributed by atoms with Crippen LogP contribution in [0.5, 0.6) is 0 Å². The van der Waals surface area contributed by atoms with Crippen molar-refractivity contribution in [2.75, 3.05) is 31.1 Å². The number of carbonyl (C=O) groups excluding carboxylic acids is 2. The molecule has 0 saturated carbocycles. The van der Waals surface area contributed by atoms with Crippen molar-refractivity contribution in [1.82, 2.24) is 10.6 Å². The summed E-state index contributed by atoms with van der Waals surface area (Å²) >= 11 is 0. The predicted octanol–water partition coefficient (Wildman–Crippen LogP) is 3.73. The number of nitrogens with zero attached hydrogens (tertiary/aromatic N) is 1. The maximum atomic E-state index is 12.0. The quantitative estimate of drug-likeness (QED) is 0.544. The van der Waals surface area contributed by atoms with Gasteiger partial charge < -0.3 is 15.5 Å². The number of carbonyl (C=O) groups is 2. The fourth-order valence-electron chi connectivity index (χ4n) is 4.15. The third kappa shape index (κ3) is 7.22. The van der Waals surface area contributed by atoms with E-state index in [2.05, 4.69) is 45.9 Å². The average molecular weight is 398 g/mol. The Morgan fingerprint density at radius 3 is 2.07 bits per heavy atom. The van der Waals surface area contributed by atoms with Crippen LogP contribution in [0.3, 0.4) is 0 Å². The van der Waals surface area contributed by atoms with Gasteiger partial charge in [0.05, 0.1) is 0 Å². The first-order chi connectivity index (χ1) is 14.2. The van der Waals surface area contributed by atoms with Crippen LogP contribution < -0.4 is 15.5 Å². The number of hydrogen-bond donors (Lipinski definition) is 2. The molecule has 1 saturated heterocycles. The Balaban J connectivity index is 1.33. The second-order valence-corrected chi connectivity index (χ2v) is 8.19. The Bertz CT molecular complexity index is 689. The Labute approximate surface area is 174 Å². The van der Waals surface area contributed by atoms with Crippen molar-refractivity contribution < 1.29 is 9.59 Å². The lowest BCUT2D eigenvalue weighted by Gasteiger charge is -2.22. The van der Waals surface area contributed by atoms with E-state index in [9.17, 15) is 9.59 Å². The highest BCUT2D eigenvalue weighted by molar-refractivity contribution is 6.35. The highest BCUT2D eigenvalue weighted by Crippen LogP contribution is 2.20. The number of anilines is 1. The summed E-state index contributed by atoms with van der Waals surface area (Å²) in [5.74, 6) is -1.07. The minimum Gasteiger partial charge on any atom is -0.372 e. The van der Waals surface area contributed by atoms with Crippen LogP contribution >= 0.6 is 0 Å². The van der Waals surface area contributed by atoms with E-state index in [0.717, 1.165) is 38.8 Å².